The molecule has 128 valence electrons. The first-order chi connectivity index (χ1) is 10.8. The zero-order chi connectivity index (χ0) is 17.0. The van der Waals surface area contributed by atoms with Crippen LogP contribution in [0.1, 0.15) is 45.2 Å². The predicted octanol–water partition coefficient (Wildman–Crippen LogP) is 2.84. The van der Waals surface area contributed by atoms with Crippen molar-refractivity contribution in [3.8, 4) is 5.75 Å². The van der Waals surface area contributed by atoms with Crippen LogP contribution in [0.3, 0.4) is 0 Å². The average Bonchev–Trinajstić information content (AvgIpc) is 2.67. The van der Waals surface area contributed by atoms with Crippen LogP contribution in [0.4, 0.5) is 9.18 Å². The Morgan fingerprint density at radius 3 is 2.91 bits per heavy atom. The fourth-order valence-corrected chi connectivity index (χ4v) is 2.75. The number of para-hydroxylation sites is 1. The number of nitrogens with one attached hydrogen (secondary N) is 1. The predicted molar refractivity (Wildman–Crippen MR) is 85.9 cm³/mol. The van der Waals surface area contributed by atoms with Crippen LogP contribution in [-0.4, -0.2) is 41.3 Å². The van der Waals surface area contributed by atoms with Gasteiger partial charge in [-0.3, -0.25) is 0 Å². The van der Waals surface area contributed by atoms with Gasteiger partial charge in [0.2, 0.25) is 0 Å². The number of amides is 2. The van der Waals surface area contributed by atoms with Crippen molar-refractivity contribution < 1.29 is 19.0 Å². The molecule has 1 atom stereocenters. The van der Waals surface area contributed by atoms with Crippen molar-refractivity contribution in [2.45, 2.75) is 45.3 Å². The highest BCUT2D eigenvalue weighted by molar-refractivity contribution is 5.75. The maximum Gasteiger partial charge on any atom is 0.317 e. The van der Waals surface area contributed by atoms with Gasteiger partial charge in [-0.05, 0) is 39.7 Å². The maximum atomic E-state index is 13.9. The molecule has 0 bridgehead atoms. The van der Waals surface area contributed by atoms with E-state index in [0.29, 0.717) is 25.1 Å². The number of nitrogens with zero attached hydrogens (tertiary/aromatic N) is 1. The third kappa shape index (κ3) is 4.58. The Hall–Kier alpha value is -1.82. The summed E-state index contributed by atoms with van der Waals surface area (Å²) < 4.78 is 19.4. The van der Waals surface area contributed by atoms with Crippen LogP contribution in [0.2, 0.25) is 0 Å². The van der Waals surface area contributed by atoms with Gasteiger partial charge in [-0.15, -0.1) is 0 Å². The molecule has 0 fully saturated rings. The number of ether oxygens (including phenoxy) is 1. The number of hydrogen-bond acceptors (Lipinski definition) is 3. The van der Waals surface area contributed by atoms with Crippen molar-refractivity contribution in [2.24, 2.45) is 0 Å². The van der Waals surface area contributed by atoms with E-state index >= 15 is 0 Å². The van der Waals surface area contributed by atoms with Crippen molar-refractivity contribution in [3.63, 3.8) is 0 Å². The molecule has 23 heavy (non-hydrogen) atoms. The van der Waals surface area contributed by atoms with E-state index in [-0.39, 0.29) is 24.4 Å². The van der Waals surface area contributed by atoms with Gasteiger partial charge in [0.25, 0.3) is 0 Å². The lowest BCUT2D eigenvalue weighted by Crippen LogP contribution is -2.47. The molecule has 2 N–H and O–H groups in total. The van der Waals surface area contributed by atoms with Gasteiger partial charge in [0.05, 0.1) is 24.8 Å². The van der Waals surface area contributed by atoms with Crippen LogP contribution in [0.15, 0.2) is 18.2 Å². The third-order valence-corrected chi connectivity index (χ3v) is 3.80. The second-order valence-corrected chi connectivity index (χ2v) is 6.48. The Balaban J connectivity index is 2.16. The molecule has 2 rings (SSSR count). The summed E-state index contributed by atoms with van der Waals surface area (Å²) in [6, 6.07) is 4.19. The molecule has 1 unspecified atom stereocenters. The Morgan fingerprint density at radius 1 is 1.52 bits per heavy atom. The lowest BCUT2D eigenvalue weighted by molar-refractivity contribution is 0.0475. The summed E-state index contributed by atoms with van der Waals surface area (Å²) >= 11 is 0. The van der Waals surface area contributed by atoms with E-state index in [4.69, 9.17) is 4.74 Å². The Bertz CT molecular complexity index is 557. The minimum Gasteiger partial charge on any atom is -0.490 e. The average molecular weight is 324 g/mol. The number of likely N-dealkylation sites (N-methyl/N-ethyl adjacent to an activating group) is 1. The number of carbonyl (C=O) groups excluding carboxylic acids is 1. The number of benzene rings is 1. The number of hydrogen-bond donors (Lipinski definition) is 2. The zero-order valence-electron chi connectivity index (χ0n) is 13.9. The molecule has 0 saturated carbocycles. The number of aliphatic hydroxyl groups is 1. The number of carbonyl (C=O) groups is 1. The largest absolute Gasteiger partial charge is 0.490 e. The summed E-state index contributed by atoms with van der Waals surface area (Å²) in [5.41, 5.74) is -0.306. The Kier molecular flexibility index (Phi) is 5.46. The van der Waals surface area contributed by atoms with Crippen LogP contribution >= 0.6 is 0 Å². The highest BCUT2D eigenvalue weighted by Gasteiger charge is 2.27. The maximum absolute atomic E-state index is 13.9. The molecule has 0 spiro atoms. The van der Waals surface area contributed by atoms with Gasteiger partial charge in [-0.25, -0.2) is 9.18 Å². The van der Waals surface area contributed by atoms with Crippen LogP contribution < -0.4 is 10.1 Å². The normalized spacial score (nSPS) is 17.7. The first kappa shape index (κ1) is 17.5. The van der Waals surface area contributed by atoms with Crippen LogP contribution in [0.5, 0.6) is 5.75 Å². The van der Waals surface area contributed by atoms with E-state index < -0.39 is 11.4 Å². The van der Waals surface area contributed by atoms with Crippen LogP contribution in [0.25, 0.3) is 0 Å². The minimum absolute atomic E-state index is 0.223. The fraction of sp³-hybridized carbons (Fsp3) is 0.588. The summed E-state index contributed by atoms with van der Waals surface area (Å²) in [6.45, 7) is 6.32. The quantitative estimate of drug-likeness (QED) is 0.895. The molecular weight excluding hydrogens is 299 g/mol. The molecule has 1 aromatic carbocycles. The molecule has 1 aliphatic heterocycles. The molecule has 5 nitrogen and oxygen atoms in total. The van der Waals surface area contributed by atoms with E-state index in [9.17, 15) is 14.3 Å². The fourth-order valence-electron chi connectivity index (χ4n) is 2.75. The van der Waals surface area contributed by atoms with Crippen molar-refractivity contribution in [2.75, 3.05) is 19.7 Å². The Morgan fingerprint density at radius 2 is 2.26 bits per heavy atom. The minimum atomic E-state index is -0.968. The van der Waals surface area contributed by atoms with Gasteiger partial charge in [0, 0.05) is 12.1 Å². The van der Waals surface area contributed by atoms with Gasteiger partial charge in [-0.2, -0.15) is 0 Å². The van der Waals surface area contributed by atoms with Gasteiger partial charge in [0.1, 0.15) is 0 Å². The summed E-state index contributed by atoms with van der Waals surface area (Å²) in [6.07, 6.45) is 1.42. The second kappa shape index (κ2) is 7.17. The van der Waals surface area contributed by atoms with Crippen molar-refractivity contribution in [3.05, 3.63) is 29.6 Å². The number of urea groups is 1. The van der Waals surface area contributed by atoms with E-state index in [0.717, 1.165) is 6.42 Å². The Labute approximate surface area is 136 Å². The topological polar surface area (TPSA) is 61.8 Å². The summed E-state index contributed by atoms with van der Waals surface area (Å²) in [7, 11) is 0. The molecule has 0 saturated heterocycles. The number of fused-ring (bicyclic) bond motifs is 1. The van der Waals surface area contributed by atoms with Gasteiger partial charge >= 0.3 is 6.03 Å². The van der Waals surface area contributed by atoms with E-state index in [1.807, 2.05) is 6.92 Å². The second-order valence-electron chi connectivity index (χ2n) is 6.48. The SMILES string of the molecule is CCN(CC(C)(C)O)C(=O)NC1CCCOc2c(F)cccc21. The summed E-state index contributed by atoms with van der Waals surface area (Å²) in [5.74, 6) is -0.187. The molecule has 0 aliphatic carbocycles. The van der Waals surface area contributed by atoms with Crippen LogP contribution in [-0.2, 0) is 0 Å². The van der Waals surface area contributed by atoms with E-state index in [1.165, 1.54) is 6.07 Å². The molecular formula is C17H25FN2O3. The molecule has 6 heteroatoms. The van der Waals surface area contributed by atoms with E-state index in [2.05, 4.69) is 5.32 Å². The molecule has 2 amide bonds. The zero-order valence-corrected chi connectivity index (χ0v) is 13.9. The summed E-state index contributed by atoms with van der Waals surface area (Å²) in [4.78, 5) is 14.0. The molecule has 0 aromatic heterocycles. The highest BCUT2D eigenvalue weighted by atomic mass is 19.1. The van der Waals surface area contributed by atoms with Crippen molar-refractivity contribution in [1.29, 1.82) is 0 Å². The number of rotatable bonds is 4. The standard InChI is InChI=1S/C17H25FN2O3/c1-4-20(11-17(2,3)22)16(21)19-14-9-6-10-23-15-12(14)7-5-8-13(15)18/h5,7-8,14,22H,4,6,9-11H2,1-3H3,(H,19,21). The van der Waals surface area contributed by atoms with Gasteiger partial charge in [-0.1, -0.05) is 12.1 Å². The van der Waals surface area contributed by atoms with Gasteiger partial charge in [0.15, 0.2) is 11.6 Å². The van der Waals surface area contributed by atoms with Crippen LogP contribution in [0, 0.1) is 5.82 Å². The first-order valence-electron chi connectivity index (χ1n) is 8.01. The smallest absolute Gasteiger partial charge is 0.317 e. The molecule has 1 aliphatic rings. The van der Waals surface area contributed by atoms with Crippen molar-refractivity contribution >= 4 is 6.03 Å². The van der Waals surface area contributed by atoms with E-state index in [1.54, 1.807) is 30.9 Å². The monoisotopic (exact) mass is 324 g/mol. The molecule has 1 heterocycles. The van der Waals surface area contributed by atoms with Gasteiger partial charge < -0.3 is 20.1 Å². The lowest BCUT2D eigenvalue weighted by atomic mass is 10.0. The summed E-state index contributed by atoms with van der Waals surface area (Å²) in [5, 5.41) is 12.9. The first-order valence-corrected chi connectivity index (χ1v) is 8.01. The lowest BCUT2D eigenvalue weighted by Gasteiger charge is -2.30. The number of halogens is 1. The third-order valence-electron chi connectivity index (χ3n) is 3.80. The molecule has 1 aromatic rings. The highest BCUT2D eigenvalue weighted by Crippen LogP contribution is 2.33. The van der Waals surface area contributed by atoms with Crippen molar-refractivity contribution in [1.82, 2.24) is 10.2 Å². The molecule has 0 radical (unpaired) electrons.